The van der Waals surface area contributed by atoms with Crippen LogP contribution in [0.1, 0.15) is 26.2 Å². The molecule has 2 rings (SSSR count). The second-order valence-corrected chi connectivity index (χ2v) is 4.48. The Bertz CT molecular complexity index is 292. The zero-order valence-electron chi connectivity index (χ0n) is 9.31. The summed E-state index contributed by atoms with van der Waals surface area (Å²) in [4.78, 5) is 24.8. The van der Waals surface area contributed by atoms with Gasteiger partial charge in [-0.15, -0.1) is 12.4 Å². The van der Waals surface area contributed by atoms with Gasteiger partial charge < -0.3 is 16.0 Å². The van der Waals surface area contributed by atoms with Crippen molar-refractivity contribution in [3.63, 3.8) is 0 Å². The van der Waals surface area contributed by atoms with Crippen LogP contribution in [0.15, 0.2) is 0 Å². The molecule has 2 fully saturated rings. The molecule has 2 unspecified atom stereocenters. The van der Waals surface area contributed by atoms with E-state index in [9.17, 15) is 9.59 Å². The molecule has 0 spiro atoms. The summed E-state index contributed by atoms with van der Waals surface area (Å²) in [6.07, 6.45) is 2.65. The smallest absolute Gasteiger partial charge is 0.236 e. The minimum absolute atomic E-state index is 0. The summed E-state index contributed by atoms with van der Waals surface area (Å²) in [6, 6.07) is -0.110. The van der Waals surface area contributed by atoms with Crippen LogP contribution in [0.3, 0.4) is 0 Å². The average Bonchev–Trinajstić information content (AvgIpc) is 2.92. The van der Waals surface area contributed by atoms with Gasteiger partial charge >= 0.3 is 0 Å². The summed E-state index contributed by atoms with van der Waals surface area (Å²) in [5.41, 5.74) is 5.44. The highest BCUT2D eigenvalue weighted by Gasteiger charge is 2.39. The molecule has 1 aliphatic carbocycles. The zero-order chi connectivity index (χ0) is 11.0. The molecule has 16 heavy (non-hydrogen) atoms. The summed E-state index contributed by atoms with van der Waals surface area (Å²) < 4.78 is 0. The molecule has 92 valence electrons. The van der Waals surface area contributed by atoms with E-state index in [4.69, 9.17) is 5.73 Å². The molecule has 0 aromatic heterocycles. The zero-order valence-corrected chi connectivity index (χ0v) is 10.1. The highest BCUT2D eigenvalue weighted by Crippen LogP contribution is 2.30. The minimum Gasteiger partial charge on any atom is -0.350 e. The predicted octanol–water partition coefficient (Wildman–Crippen LogP) is -0.365. The van der Waals surface area contributed by atoms with E-state index in [1.54, 1.807) is 6.92 Å². The Hall–Kier alpha value is -0.810. The summed E-state index contributed by atoms with van der Waals surface area (Å²) in [7, 11) is 0. The second kappa shape index (κ2) is 5.01. The van der Waals surface area contributed by atoms with Crippen LogP contribution >= 0.6 is 12.4 Å². The molecule has 2 aliphatic rings. The molecule has 3 N–H and O–H groups in total. The number of carbonyl (C=O) groups excluding carboxylic acids is 2. The Balaban J connectivity index is 0.00000128. The van der Waals surface area contributed by atoms with E-state index >= 15 is 0 Å². The SMILES string of the molecule is CC(N)C(=O)NC1CC(=O)N(C2CC2)C1.Cl. The molecule has 0 radical (unpaired) electrons. The Morgan fingerprint density at radius 2 is 2.19 bits per heavy atom. The van der Waals surface area contributed by atoms with Crippen molar-refractivity contribution in [2.45, 2.75) is 44.3 Å². The van der Waals surface area contributed by atoms with Crippen LogP contribution in [0.5, 0.6) is 0 Å². The van der Waals surface area contributed by atoms with Crippen LogP contribution in [0.25, 0.3) is 0 Å². The molecular formula is C10H18ClN3O2. The van der Waals surface area contributed by atoms with Crippen LogP contribution in [-0.4, -0.2) is 41.4 Å². The number of amides is 2. The molecule has 0 bridgehead atoms. The molecule has 2 amide bonds. The number of hydrogen-bond acceptors (Lipinski definition) is 3. The third-order valence-electron chi connectivity index (χ3n) is 2.91. The molecule has 0 aromatic carbocycles. The lowest BCUT2D eigenvalue weighted by Gasteiger charge is -2.16. The third-order valence-corrected chi connectivity index (χ3v) is 2.91. The lowest BCUT2D eigenvalue weighted by molar-refractivity contribution is -0.128. The number of nitrogens with one attached hydrogen (secondary N) is 1. The van der Waals surface area contributed by atoms with Crippen LogP contribution in [0.4, 0.5) is 0 Å². The number of hydrogen-bond donors (Lipinski definition) is 2. The van der Waals surface area contributed by atoms with E-state index in [2.05, 4.69) is 5.32 Å². The molecule has 0 aromatic rings. The second-order valence-electron chi connectivity index (χ2n) is 4.48. The first-order valence-corrected chi connectivity index (χ1v) is 5.43. The maximum Gasteiger partial charge on any atom is 0.236 e. The van der Waals surface area contributed by atoms with Crippen molar-refractivity contribution in [1.29, 1.82) is 0 Å². The summed E-state index contributed by atoms with van der Waals surface area (Å²) in [5, 5.41) is 2.79. The predicted molar refractivity (Wildman–Crippen MR) is 62.2 cm³/mol. The molecule has 1 saturated heterocycles. The Labute approximate surface area is 101 Å². The number of rotatable bonds is 3. The van der Waals surface area contributed by atoms with Crippen molar-refractivity contribution < 1.29 is 9.59 Å². The van der Waals surface area contributed by atoms with Crippen molar-refractivity contribution in [1.82, 2.24) is 10.2 Å². The standard InChI is InChI=1S/C10H17N3O2.ClH/c1-6(11)10(15)12-7-4-9(14)13(5-7)8-2-3-8;/h6-8H,2-5,11H2,1H3,(H,12,15);1H. The first-order valence-electron chi connectivity index (χ1n) is 5.43. The highest BCUT2D eigenvalue weighted by atomic mass is 35.5. The van der Waals surface area contributed by atoms with Gasteiger partial charge in [0.2, 0.25) is 11.8 Å². The lowest BCUT2D eigenvalue weighted by Crippen LogP contribution is -2.45. The summed E-state index contributed by atoms with van der Waals surface area (Å²) in [5.74, 6) is -0.0158. The van der Waals surface area contributed by atoms with Crippen molar-refractivity contribution in [3.8, 4) is 0 Å². The van der Waals surface area contributed by atoms with Gasteiger partial charge in [-0.2, -0.15) is 0 Å². The number of carbonyl (C=O) groups is 2. The molecule has 1 heterocycles. The van der Waals surface area contributed by atoms with Crippen molar-refractivity contribution in [3.05, 3.63) is 0 Å². The summed E-state index contributed by atoms with van der Waals surface area (Å²) >= 11 is 0. The Kier molecular flexibility index (Phi) is 4.15. The first-order chi connectivity index (χ1) is 7.08. The molecular weight excluding hydrogens is 230 g/mol. The topological polar surface area (TPSA) is 75.4 Å². The van der Waals surface area contributed by atoms with Crippen molar-refractivity contribution >= 4 is 24.2 Å². The molecule has 2 atom stereocenters. The van der Waals surface area contributed by atoms with Gasteiger partial charge in [-0.1, -0.05) is 0 Å². The van der Waals surface area contributed by atoms with Crippen LogP contribution in [-0.2, 0) is 9.59 Å². The van der Waals surface area contributed by atoms with E-state index < -0.39 is 6.04 Å². The largest absolute Gasteiger partial charge is 0.350 e. The van der Waals surface area contributed by atoms with Crippen LogP contribution in [0.2, 0.25) is 0 Å². The monoisotopic (exact) mass is 247 g/mol. The van der Waals surface area contributed by atoms with Gasteiger partial charge in [-0.05, 0) is 19.8 Å². The molecule has 5 nitrogen and oxygen atoms in total. The van der Waals surface area contributed by atoms with Gasteiger partial charge in [0.05, 0.1) is 12.1 Å². The van der Waals surface area contributed by atoms with E-state index in [1.165, 1.54) is 0 Å². The average molecular weight is 248 g/mol. The van der Waals surface area contributed by atoms with E-state index in [0.29, 0.717) is 19.0 Å². The molecule has 1 saturated carbocycles. The van der Waals surface area contributed by atoms with Crippen LogP contribution in [0, 0.1) is 0 Å². The maximum atomic E-state index is 11.6. The Morgan fingerprint density at radius 1 is 1.56 bits per heavy atom. The third kappa shape index (κ3) is 2.86. The minimum atomic E-state index is -0.505. The van der Waals surface area contributed by atoms with Gasteiger partial charge in [0.15, 0.2) is 0 Å². The van der Waals surface area contributed by atoms with Crippen LogP contribution < -0.4 is 11.1 Å². The fraction of sp³-hybridized carbons (Fsp3) is 0.800. The molecule has 6 heteroatoms. The number of nitrogens with zero attached hydrogens (tertiary/aromatic N) is 1. The fourth-order valence-electron chi connectivity index (χ4n) is 1.90. The van der Waals surface area contributed by atoms with Gasteiger partial charge in [-0.3, -0.25) is 9.59 Å². The van der Waals surface area contributed by atoms with E-state index in [-0.39, 0.29) is 30.3 Å². The Morgan fingerprint density at radius 3 is 2.69 bits per heavy atom. The fourth-order valence-corrected chi connectivity index (χ4v) is 1.90. The van der Waals surface area contributed by atoms with Crippen molar-refractivity contribution in [2.24, 2.45) is 5.73 Å². The quantitative estimate of drug-likeness (QED) is 0.715. The molecule has 1 aliphatic heterocycles. The van der Waals surface area contributed by atoms with E-state index in [1.807, 2.05) is 4.90 Å². The lowest BCUT2D eigenvalue weighted by atomic mass is 10.2. The number of nitrogens with two attached hydrogens (primary N) is 1. The van der Waals surface area contributed by atoms with Gasteiger partial charge in [0, 0.05) is 19.0 Å². The van der Waals surface area contributed by atoms with Gasteiger partial charge in [-0.25, -0.2) is 0 Å². The van der Waals surface area contributed by atoms with Gasteiger partial charge in [0.25, 0.3) is 0 Å². The summed E-state index contributed by atoms with van der Waals surface area (Å²) in [6.45, 7) is 2.30. The maximum absolute atomic E-state index is 11.6. The first kappa shape index (κ1) is 13.3. The van der Waals surface area contributed by atoms with E-state index in [0.717, 1.165) is 12.8 Å². The highest BCUT2D eigenvalue weighted by molar-refractivity contribution is 5.85. The van der Waals surface area contributed by atoms with Crippen molar-refractivity contribution in [2.75, 3.05) is 6.54 Å². The number of likely N-dealkylation sites (tertiary alicyclic amines) is 1. The number of halogens is 1. The normalized spacial score (nSPS) is 26.2. The van der Waals surface area contributed by atoms with Gasteiger partial charge in [0.1, 0.15) is 0 Å².